The Labute approximate surface area is 116 Å². The van der Waals surface area contributed by atoms with Crippen LogP contribution in [-0.2, 0) is 11.3 Å². The second-order valence-corrected chi connectivity index (χ2v) is 6.05. The van der Waals surface area contributed by atoms with Gasteiger partial charge in [0.1, 0.15) is 5.60 Å². The monoisotopic (exact) mass is 348 g/mol. The summed E-state index contributed by atoms with van der Waals surface area (Å²) in [7, 11) is 1.70. The number of hydrogen-bond acceptors (Lipinski definition) is 3. The molecule has 0 N–H and O–H groups in total. The van der Waals surface area contributed by atoms with Crippen LogP contribution in [0.25, 0.3) is 0 Å². The number of ether oxygens (including phenoxy) is 1. The fourth-order valence-corrected chi connectivity index (χ4v) is 1.70. The maximum Gasteiger partial charge on any atom is 0.410 e. The first-order valence-electron chi connectivity index (χ1n) is 5.32. The number of halogens is 1. The lowest BCUT2D eigenvalue weighted by Gasteiger charge is -2.24. The van der Waals surface area contributed by atoms with Gasteiger partial charge in [-0.2, -0.15) is 0 Å². The Morgan fingerprint density at radius 2 is 2.18 bits per heavy atom. The first kappa shape index (κ1) is 14.2. The van der Waals surface area contributed by atoms with Crippen LogP contribution >= 0.6 is 22.6 Å². The maximum absolute atomic E-state index is 11.7. The van der Waals surface area contributed by atoms with Crippen molar-refractivity contribution >= 4 is 28.7 Å². The average molecular weight is 348 g/mol. The molecule has 1 amide bonds. The zero-order chi connectivity index (χ0) is 13.1. The summed E-state index contributed by atoms with van der Waals surface area (Å²) in [5.41, 5.74) is 0.384. The third kappa shape index (κ3) is 5.34. The zero-order valence-electron chi connectivity index (χ0n) is 10.5. The highest BCUT2D eigenvalue weighted by molar-refractivity contribution is 14.1. The Balaban J connectivity index is 2.60. The predicted octanol–water partition coefficient (Wildman–Crippen LogP) is 3.05. The number of rotatable bonds is 2. The molecule has 1 aromatic rings. The third-order valence-electron chi connectivity index (χ3n) is 1.88. The van der Waals surface area contributed by atoms with Crippen molar-refractivity contribution in [1.82, 2.24) is 9.88 Å². The molecule has 0 spiro atoms. The van der Waals surface area contributed by atoms with Crippen LogP contribution in [0, 0.1) is 3.57 Å². The van der Waals surface area contributed by atoms with Crippen LogP contribution in [0.15, 0.2) is 18.3 Å². The summed E-state index contributed by atoms with van der Waals surface area (Å²) < 4.78 is 6.36. The minimum Gasteiger partial charge on any atom is -0.444 e. The molecule has 0 bridgehead atoms. The highest BCUT2D eigenvalue weighted by Crippen LogP contribution is 2.11. The molecule has 0 saturated carbocycles. The highest BCUT2D eigenvalue weighted by atomic mass is 127. The normalized spacial score (nSPS) is 11.1. The zero-order valence-corrected chi connectivity index (χ0v) is 12.7. The van der Waals surface area contributed by atoms with Gasteiger partial charge in [-0.15, -0.1) is 0 Å². The minimum atomic E-state index is -0.468. The number of pyridine rings is 1. The number of amides is 1. The fraction of sp³-hybridized carbons (Fsp3) is 0.500. The quantitative estimate of drug-likeness (QED) is 0.772. The van der Waals surface area contributed by atoms with Crippen molar-refractivity contribution in [2.24, 2.45) is 0 Å². The Hall–Kier alpha value is -0.850. The Bertz CT molecular complexity index is 402. The van der Waals surface area contributed by atoms with Crippen molar-refractivity contribution in [3.05, 3.63) is 27.6 Å². The van der Waals surface area contributed by atoms with Gasteiger partial charge in [0.05, 0.1) is 12.2 Å². The first-order valence-corrected chi connectivity index (χ1v) is 6.40. The van der Waals surface area contributed by atoms with Crippen molar-refractivity contribution < 1.29 is 9.53 Å². The van der Waals surface area contributed by atoms with E-state index in [2.05, 4.69) is 27.6 Å². The molecule has 1 aromatic heterocycles. The number of aromatic nitrogens is 1. The number of nitrogens with zero attached hydrogens (tertiary/aromatic N) is 2. The van der Waals surface area contributed by atoms with E-state index in [1.807, 2.05) is 32.9 Å². The van der Waals surface area contributed by atoms with Gasteiger partial charge in [-0.3, -0.25) is 4.98 Å². The molecule has 0 aromatic carbocycles. The van der Waals surface area contributed by atoms with Crippen molar-refractivity contribution in [2.45, 2.75) is 32.9 Å². The lowest BCUT2D eigenvalue weighted by atomic mass is 10.2. The molecule has 1 rings (SSSR count). The summed E-state index contributed by atoms with van der Waals surface area (Å²) >= 11 is 2.22. The largest absolute Gasteiger partial charge is 0.444 e. The van der Waals surface area contributed by atoms with Crippen LogP contribution in [0.3, 0.4) is 0 Å². The molecule has 0 saturated heterocycles. The maximum atomic E-state index is 11.7. The van der Waals surface area contributed by atoms with E-state index in [-0.39, 0.29) is 6.09 Å². The molecule has 17 heavy (non-hydrogen) atoms. The van der Waals surface area contributed by atoms with Crippen LogP contribution in [0.2, 0.25) is 0 Å². The van der Waals surface area contributed by atoms with Crippen molar-refractivity contribution in [3.8, 4) is 0 Å². The van der Waals surface area contributed by atoms with E-state index in [1.54, 1.807) is 13.2 Å². The van der Waals surface area contributed by atoms with Gasteiger partial charge in [0.2, 0.25) is 0 Å². The van der Waals surface area contributed by atoms with Crippen molar-refractivity contribution in [1.29, 1.82) is 0 Å². The van der Waals surface area contributed by atoms with Crippen LogP contribution in [-0.4, -0.2) is 28.6 Å². The molecular weight excluding hydrogens is 331 g/mol. The highest BCUT2D eigenvalue weighted by Gasteiger charge is 2.19. The van der Waals surface area contributed by atoms with Crippen LogP contribution < -0.4 is 0 Å². The van der Waals surface area contributed by atoms with Gasteiger partial charge in [-0.25, -0.2) is 4.79 Å². The Morgan fingerprint density at radius 3 is 2.71 bits per heavy atom. The minimum absolute atomic E-state index is 0.335. The summed E-state index contributed by atoms with van der Waals surface area (Å²) in [4.78, 5) is 17.4. The third-order valence-corrected chi connectivity index (χ3v) is 2.55. The van der Waals surface area contributed by atoms with Crippen LogP contribution in [0.4, 0.5) is 4.79 Å². The van der Waals surface area contributed by atoms with Gasteiger partial charge in [0.25, 0.3) is 0 Å². The van der Waals surface area contributed by atoms with Gasteiger partial charge in [-0.05, 0) is 55.5 Å². The lowest BCUT2D eigenvalue weighted by molar-refractivity contribution is 0.0283. The van der Waals surface area contributed by atoms with Gasteiger partial charge < -0.3 is 9.64 Å². The van der Waals surface area contributed by atoms with E-state index >= 15 is 0 Å². The van der Waals surface area contributed by atoms with E-state index in [4.69, 9.17) is 4.74 Å². The first-order chi connectivity index (χ1) is 7.78. The number of hydrogen-bond donors (Lipinski definition) is 0. The standard InChI is InChI=1S/C12H17IN2O2/c1-12(2,3)17-11(16)15(4)8-10-7-9(13)5-6-14-10/h5-7H,8H2,1-4H3. The van der Waals surface area contributed by atoms with E-state index in [1.165, 1.54) is 4.90 Å². The lowest BCUT2D eigenvalue weighted by Crippen LogP contribution is -2.34. The van der Waals surface area contributed by atoms with Crippen molar-refractivity contribution in [3.63, 3.8) is 0 Å². The van der Waals surface area contributed by atoms with E-state index < -0.39 is 5.60 Å². The summed E-state index contributed by atoms with van der Waals surface area (Å²) in [5, 5.41) is 0. The average Bonchev–Trinajstić information content (AvgIpc) is 2.14. The van der Waals surface area contributed by atoms with E-state index in [0.29, 0.717) is 6.54 Å². The molecule has 0 radical (unpaired) electrons. The Morgan fingerprint density at radius 1 is 1.53 bits per heavy atom. The van der Waals surface area contributed by atoms with Gasteiger partial charge in [-0.1, -0.05) is 0 Å². The predicted molar refractivity (Wildman–Crippen MR) is 74.7 cm³/mol. The second kappa shape index (κ2) is 5.66. The molecule has 0 fully saturated rings. The SMILES string of the molecule is CN(Cc1cc(I)ccn1)C(=O)OC(C)(C)C. The molecule has 4 nitrogen and oxygen atoms in total. The summed E-state index contributed by atoms with van der Waals surface area (Å²) in [6.07, 6.45) is 1.40. The van der Waals surface area contributed by atoms with Gasteiger partial charge in [0, 0.05) is 16.8 Å². The summed E-state index contributed by atoms with van der Waals surface area (Å²) in [6.45, 7) is 6.00. The second-order valence-electron chi connectivity index (χ2n) is 4.80. The van der Waals surface area contributed by atoms with Crippen molar-refractivity contribution in [2.75, 3.05) is 7.05 Å². The molecule has 0 aliphatic carbocycles. The molecule has 1 heterocycles. The molecule has 94 valence electrons. The molecular formula is C12H17IN2O2. The fourth-order valence-electron chi connectivity index (χ4n) is 1.18. The molecule has 5 heteroatoms. The van der Waals surface area contributed by atoms with Gasteiger partial charge in [0.15, 0.2) is 0 Å². The molecule has 0 aliphatic heterocycles. The summed E-state index contributed by atoms with van der Waals surface area (Å²) in [5.74, 6) is 0. The van der Waals surface area contributed by atoms with E-state index in [9.17, 15) is 4.79 Å². The van der Waals surface area contributed by atoms with Crippen LogP contribution in [0.1, 0.15) is 26.5 Å². The van der Waals surface area contributed by atoms with Gasteiger partial charge >= 0.3 is 6.09 Å². The van der Waals surface area contributed by atoms with Crippen LogP contribution in [0.5, 0.6) is 0 Å². The molecule has 0 aliphatic rings. The van der Waals surface area contributed by atoms with E-state index in [0.717, 1.165) is 9.26 Å². The molecule has 0 unspecified atom stereocenters. The number of carbonyl (C=O) groups is 1. The molecule has 0 atom stereocenters. The smallest absolute Gasteiger partial charge is 0.410 e. The number of carbonyl (C=O) groups excluding carboxylic acids is 1. The Kier molecular flexibility index (Phi) is 4.73. The summed E-state index contributed by atoms with van der Waals surface area (Å²) in [6, 6.07) is 3.86. The topological polar surface area (TPSA) is 42.4 Å².